The minimum absolute atomic E-state index is 0.237. The molecule has 1 saturated heterocycles. The number of benzene rings is 1. The van der Waals surface area contributed by atoms with Crippen LogP contribution in [0.15, 0.2) is 30.3 Å². The number of anilines is 2. The molecule has 2 N–H and O–H groups in total. The van der Waals surface area contributed by atoms with E-state index in [-0.39, 0.29) is 6.61 Å². The maximum atomic E-state index is 10.0. The van der Waals surface area contributed by atoms with Crippen molar-refractivity contribution >= 4 is 11.6 Å². The van der Waals surface area contributed by atoms with E-state index in [2.05, 4.69) is 21.2 Å². The Morgan fingerprint density at radius 1 is 1.09 bits per heavy atom. The molecule has 190 valence electrons. The van der Waals surface area contributed by atoms with Crippen LogP contribution in [0.25, 0.3) is 11.4 Å². The number of morpholine rings is 1. The number of nitrogens with one attached hydrogen (secondary N) is 1. The van der Waals surface area contributed by atoms with Crippen LogP contribution in [0.1, 0.15) is 44.9 Å². The van der Waals surface area contributed by atoms with Gasteiger partial charge >= 0.3 is 0 Å². The maximum absolute atomic E-state index is 10.0. The van der Waals surface area contributed by atoms with Crippen molar-refractivity contribution in [2.75, 3.05) is 56.3 Å². The summed E-state index contributed by atoms with van der Waals surface area (Å²) in [5.74, 6) is 3.48. The van der Waals surface area contributed by atoms with E-state index < -0.39 is 6.10 Å². The second-order valence-corrected chi connectivity index (χ2v) is 9.99. The summed E-state index contributed by atoms with van der Waals surface area (Å²) in [6, 6.07) is 11.3. The summed E-state index contributed by atoms with van der Waals surface area (Å²) in [7, 11) is 1.82. The summed E-state index contributed by atoms with van der Waals surface area (Å²) >= 11 is 0. The van der Waals surface area contributed by atoms with Gasteiger partial charge in [0, 0.05) is 43.3 Å². The minimum atomic E-state index is -0.557. The summed E-state index contributed by atoms with van der Waals surface area (Å²) in [6.07, 6.45) is 8.41. The third kappa shape index (κ3) is 6.23. The number of nitrogens with zero attached hydrogens (tertiary/aromatic N) is 4. The Morgan fingerprint density at radius 3 is 2.60 bits per heavy atom. The summed E-state index contributed by atoms with van der Waals surface area (Å²) in [4.78, 5) is 15.1. The Balaban J connectivity index is 1.46. The molecule has 0 bridgehead atoms. The van der Waals surface area contributed by atoms with Crippen LogP contribution in [-0.4, -0.2) is 79.8 Å². The molecule has 2 heterocycles. The highest BCUT2D eigenvalue weighted by molar-refractivity contribution is 5.64. The first-order valence-electron chi connectivity index (χ1n) is 13.3. The highest BCUT2D eigenvalue weighted by Gasteiger charge is 2.36. The lowest BCUT2D eigenvalue weighted by molar-refractivity contribution is 0.108. The molecule has 1 aromatic heterocycles. The molecule has 1 unspecified atom stereocenters. The summed E-state index contributed by atoms with van der Waals surface area (Å²) in [6.45, 7) is 3.86. The second kappa shape index (κ2) is 11.5. The van der Waals surface area contributed by atoms with Gasteiger partial charge in [0.1, 0.15) is 30.1 Å². The lowest BCUT2D eigenvalue weighted by Gasteiger charge is -2.36. The molecular weight excluding hydrogens is 442 g/mol. The van der Waals surface area contributed by atoms with Crippen LogP contribution in [0.5, 0.6) is 5.75 Å². The Hall–Kier alpha value is -2.42. The van der Waals surface area contributed by atoms with Gasteiger partial charge in [-0.15, -0.1) is 0 Å². The molecule has 2 aliphatic carbocycles. The SMILES string of the molecule is CNCC(O)COc1cccc(-c2nc(N3CCOCC3)cc(N(C3CCCCC3)C3CC3)n2)c1. The topological polar surface area (TPSA) is 83.0 Å². The van der Waals surface area contributed by atoms with Gasteiger partial charge in [0.05, 0.1) is 13.2 Å². The monoisotopic (exact) mass is 481 g/mol. The lowest BCUT2D eigenvalue weighted by Crippen LogP contribution is -2.40. The van der Waals surface area contributed by atoms with Gasteiger partial charge in [-0.05, 0) is 44.9 Å². The number of aliphatic hydroxyl groups excluding tert-OH is 1. The smallest absolute Gasteiger partial charge is 0.163 e. The summed E-state index contributed by atoms with van der Waals surface area (Å²) < 4.78 is 11.5. The number of aromatic nitrogens is 2. The molecule has 3 fully saturated rings. The van der Waals surface area contributed by atoms with Gasteiger partial charge in [0.25, 0.3) is 0 Å². The molecule has 2 saturated carbocycles. The van der Waals surface area contributed by atoms with Gasteiger partial charge < -0.3 is 29.7 Å². The quantitative estimate of drug-likeness (QED) is 0.535. The molecule has 5 rings (SSSR count). The molecule has 3 aliphatic rings. The van der Waals surface area contributed by atoms with Gasteiger partial charge in [-0.2, -0.15) is 0 Å². The molecular formula is C27H39N5O3. The van der Waals surface area contributed by atoms with Crippen LogP contribution < -0.4 is 19.9 Å². The Bertz CT molecular complexity index is 958. The van der Waals surface area contributed by atoms with Gasteiger partial charge in [-0.1, -0.05) is 31.4 Å². The molecule has 0 amide bonds. The minimum Gasteiger partial charge on any atom is -0.491 e. The number of hydrogen-bond donors (Lipinski definition) is 2. The first kappa shape index (κ1) is 24.3. The number of rotatable bonds is 10. The summed E-state index contributed by atoms with van der Waals surface area (Å²) in [5, 5.41) is 13.0. The van der Waals surface area contributed by atoms with E-state index in [0.29, 0.717) is 24.4 Å². The van der Waals surface area contributed by atoms with Crippen LogP contribution in [0.3, 0.4) is 0 Å². The van der Waals surface area contributed by atoms with Crippen molar-refractivity contribution in [1.29, 1.82) is 0 Å². The van der Waals surface area contributed by atoms with Crippen LogP contribution in [-0.2, 0) is 4.74 Å². The van der Waals surface area contributed by atoms with Crippen molar-refractivity contribution in [3.8, 4) is 17.1 Å². The van der Waals surface area contributed by atoms with Crippen molar-refractivity contribution in [2.45, 2.75) is 63.1 Å². The molecule has 1 atom stereocenters. The van der Waals surface area contributed by atoms with Crippen molar-refractivity contribution in [3.05, 3.63) is 30.3 Å². The van der Waals surface area contributed by atoms with E-state index in [1.54, 1.807) is 0 Å². The predicted octanol–water partition coefficient (Wildman–Crippen LogP) is 3.24. The number of likely N-dealkylation sites (N-methyl/N-ethyl adjacent to an activating group) is 1. The van der Waals surface area contributed by atoms with Crippen LogP contribution >= 0.6 is 0 Å². The molecule has 8 nitrogen and oxygen atoms in total. The van der Waals surface area contributed by atoms with E-state index in [0.717, 1.165) is 49.3 Å². The van der Waals surface area contributed by atoms with Crippen molar-refractivity contribution < 1.29 is 14.6 Å². The predicted molar refractivity (Wildman–Crippen MR) is 138 cm³/mol. The fourth-order valence-corrected chi connectivity index (χ4v) is 5.23. The van der Waals surface area contributed by atoms with Gasteiger partial charge in [-0.25, -0.2) is 9.97 Å². The Morgan fingerprint density at radius 2 is 1.86 bits per heavy atom. The first-order chi connectivity index (χ1) is 17.2. The van der Waals surface area contributed by atoms with Crippen LogP contribution in [0.4, 0.5) is 11.6 Å². The Kier molecular flexibility index (Phi) is 8.01. The standard InChI is InChI=1S/C27H39N5O3/c1-28-18-23(33)19-35-24-9-5-6-20(16-24)27-29-25(31-12-14-34-15-13-31)17-26(30-27)32(22-10-11-22)21-7-3-2-4-8-21/h5-6,9,16-17,21-23,28,33H,2-4,7-8,10-15,18-19H2,1H3. The molecule has 2 aromatic rings. The Labute approximate surface area is 208 Å². The average molecular weight is 482 g/mol. The van der Waals surface area contributed by atoms with E-state index in [9.17, 15) is 5.11 Å². The zero-order chi connectivity index (χ0) is 24.0. The second-order valence-electron chi connectivity index (χ2n) is 9.99. The van der Waals surface area contributed by atoms with Crippen molar-refractivity contribution in [2.24, 2.45) is 0 Å². The van der Waals surface area contributed by atoms with Gasteiger partial charge in [0.2, 0.25) is 0 Å². The van der Waals surface area contributed by atoms with E-state index in [4.69, 9.17) is 19.4 Å². The number of ether oxygens (including phenoxy) is 2. The van der Waals surface area contributed by atoms with Crippen molar-refractivity contribution in [1.82, 2.24) is 15.3 Å². The molecule has 1 aliphatic heterocycles. The zero-order valence-electron chi connectivity index (χ0n) is 20.9. The average Bonchev–Trinajstić information content (AvgIpc) is 3.74. The number of aliphatic hydroxyl groups is 1. The molecule has 8 heteroatoms. The normalized spacial score (nSPS) is 20.0. The third-order valence-electron chi connectivity index (χ3n) is 7.18. The molecule has 0 radical (unpaired) electrons. The third-order valence-corrected chi connectivity index (χ3v) is 7.18. The van der Waals surface area contributed by atoms with Gasteiger partial charge in [0.15, 0.2) is 5.82 Å². The first-order valence-corrected chi connectivity index (χ1v) is 13.3. The van der Waals surface area contributed by atoms with E-state index >= 15 is 0 Å². The van der Waals surface area contributed by atoms with Gasteiger partial charge in [-0.3, -0.25) is 0 Å². The number of hydrogen-bond acceptors (Lipinski definition) is 8. The fourth-order valence-electron chi connectivity index (χ4n) is 5.23. The fraction of sp³-hybridized carbons (Fsp3) is 0.630. The van der Waals surface area contributed by atoms with Crippen molar-refractivity contribution in [3.63, 3.8) is 0 Å². The molecule has 0 spiro atoms. The largest absolute Gasteiger partial charge is 0.491 e. The van der Waals surface area contributed by atoms with Crippen LogP contribution in [0, 0.1) is 0 Å². The maximum Gasteiger partial charge on any atom is 0.163 e. The molecule has 35 heavy (non-hydrogen) atoms. The van der Waals surface area contributed by atoms with E-state index in [1.807, 2.05) is 31.3 Å². The lowest BCUT2D eigenvalue weighted by atomic mass is 9.94. The summed E-state index contributed by atoms with van der Waals surface area (Å²) in [5.41, 5.74) is 0.932. The highest BCUT2D eigenvalue weighted by Crippen LogP contribution is 2.38. The zero-order valence-corrected chi connectivity index (χ0v) is 20.9. The molecule has 1 aromatic carbocycles. The highest BCUT2D eigenvalue weighted by atomic mass is 16.5. The van der Waals surface area contributed by atoms with Crippen LogP contribution in [0.2, 0.25) is 0 Å². The van der Waals surface area contributed by atoms with E-state index in [1.165, 1.54) is 44.9 Å².